The second kappa shape index (κ2) is 2.08. The van der Waals surface area contributed by atoms with Crippen molar-refractivity contribution in [3.05, 3.63) is 18.5 Å². The normalized spacial score (nSPS) is 10.6. The van der Waals surface area contributed by atoms with Gasteiger partial charge in [-0.2, -0.15) is 5.10 Å². The summed E-state index contributed by atoms with van der Waals surface area (Å²) in [5.74, 6) is 0. The summed E-state index contributed by atoms with van der Waals surface area (Å²) in [4.78, 5) is 3.95. The highest BCUT2D eigenvalue weighted by molar-refractivity contribution is 6.31. The third-order valence-electron chi connectivity index (χ3n) is 1.52. The zero-order chi connectivity index (χ0) is 7.84. The molecule has 0 saturated carbocycles. The molecular formula is C7H6BN3. The summed E-state index contributed by atoms with van der Waals surface area (Å²) >= 11 is 0. The van der Waals surface area contributed by atoms with Gasteiger partial charge in [-0.1, -0.05) is 0 Å². The minimum absolute atomic E-state index is 0.510. The molecule has 2 aromatic rings. The van der Waals surface area contributed by atoms with Gasteiger partial charge in [-0.15, -0.1) is 0 Å². The fourth-order valence-electron chi connectivity index (χ4n) is 1.06. The van der Waals surface area contributed by atoms with Crippen LogP contribution in [-0.2, 0) is 7.05 Å². The summed E-state index contributed by atoms with van der Waals surface area (Å²) in [6.07, 6.45) is 3.62. The molecule has 11 heavy (non-hydrogen) atoms. The molecule has 0 spiro atoms. The molecule has 2 radical (unpaired) electrons. The van der Waals surface area contributed by atoms with E-state index in [-0.39, 0.29) is 0 Å². The summed E-state index contributed by atoms with van der Waals surface area (Å²) in [6, 6.07) is 1.76. The molecule has 0 fully saturated rings. The van der Waals surface area contributed by atoms with E-state index in [0.29, 0.717) is 5.59 Å². The number of rotatable bonds is 0. The molecule has 2 aromatic heterocycles. The Hall–Kier alpha value is -1.32. The van der Waals surface area contributed by atoms with Crippen LogP contribution in [0.2, 0.25) is 0 Å². The molecule has 52 valence electrons. The van der Waals surface area contributed by atoms with Crippen molar-refractivity contribution in [2.75, 3.05) is 0 Å². The Bertz CT molecular complexity index is 393. The van der Waals surface area contributed by atoms with Crippen LogP contribution in [0.25, 0.3) is 10.9 Å². The van der Waals surface area contributed by atoms with E-state index in [9.17, 15) is 0 Å². The lowest BCUT2D eigenvalue weighted by atomic mass is 10.0. The largest absolute Gasteiger partial charge is 0.275 e. The zero-order valence-corrected chi connectivity index (χ0v) is 6.15. The SMILES string of the molecule is [B]c1cc2nn(C)cc2cn1. The van der Waals surface area contributed by atoms with Gasteiger partial charge < -0.3 is 0 Å². The highest BCUT2D eigenvalue weighted by Crippen LogP contribution is 2.06. The van der Waals surface area contributed by atoms with E-state index in [1.54, 1.807) is 16.9 Å². The van der Waals surface area contributed by atoms with Crippen LogP contribution in [-0.4, -0.2) is 22.6 Å². The Balaban J connectivity index is 2.82. The number of hydrogen-bond acceptors (Lipinski definition) is 2. The van der Waals surface area contributed by atoms with Crippen LogP contribution < -0.4 is 5.59 Å². The summed E-state index contributed by atoms with van der Waals surface area (Å²) in [5.41, 5.74) is 1.40. The van der Waals surface area contributed by atoms with Crippen molar-refractivity contribution in [1.82, 2.24) is 14.8 Å². The van der Waals surface area contributed by atoms with Gasteiger partial charge in [0.2, 0.25) is 0 Å². The maximum Gasteiger partial charge on any atom is 0.141 e. The lowest BCUT2D eigenvalue weighted by Crippen LogP contribution is -2.05. The third-order valence-corrected chi connectivity index (χ3v) is 1.52. The summed E-state index contributed by atoms with van der Waals surface area (Å²) in [7, 11) is 7.34. The molecule has 4 heteroatoms. The van der Waals surface area contributed by atoms with Gasteiger partial charge in [0.1, 0.15) is 7.85 Å². The number of aryl methyl sites for hydroxylation is 1. The average Bonchev–Trinajstić information content (AvgIpc) is 2.27. The number of pyridine rings is 1. The molecule has 0 amide bonds. The fourth-order valence-corrected chi connectivity index (χ4v) is 1.06. The second-order valence-electron chi connectivity index (χ2n) is 2.47. The van der Waals surface area contributed by atoms with Crippen LogP contribution in [0.3, 0.4) is 0 Å². The van der Waals surface area contributed by atoms with Gasteiger partial charge in [0.25, 0.3) is 0 Å². The van der Waals surface area contributed by atoms with E-state index in [1.807, 2.05) is 13.2 Å². The molecule has 0 saturated heterocycles. The Morgan fingerprint density at radius 3 is 3.18 bits per heavy atom. The Kier molecular flexibility index (Phi) is 1.21. The Morgan fingerprint density at radius 2 is 2.36 bits per heavy atom. The van der Waals surface area contributed by atoms with Crippen molar-refractivity contribution in [3.63, 3.8) is 0 Å². The summed E-state index contributed by atoms with van der Waals surface area (Å²) < 4.78 is 1.74. The monoisotopic (exact) mass is 143 g/mol. The molecule has 2 rings (SSSR count). The van der Waals surface area contributed by atoms with Gasteiger partial charge in [0, 0.05) is 24.8 Å². The van der Waals surface area contributed by atoms with Crippen molar-refractivity contribution < 1.29 is 0 Å². The van der Waals surface area contributed by atoms with E-state index >= 15 is 0 Å². The quantitative estimate of drug-likeness (QED) is 0.476. The van der Waals surface area contributed by atoms with E-state index in [0.717, 1.165) is 10.9 Å². The fraction of sp³-hybridized carbons (Fsp3) is 0.143. The molecule has 0 unspecified atom stereocenters. The lowest BCUT2D eigenvalue weighted by Gasteiger charge is -1.88. The van der Waals surface area contributed by atoms with E-state index in [2.05, 4.69) is 10.1 Å². The molecule has 0 atom stereocenters. The van der Waals surface area contributed by atoms with Crippen LogP contribution in [0.1, 0.15) is 0 Å². The average molecular weight is 143 g/mol. The topological polar surface area (TPSA) is 30.7 Å². The van der Waals surface area contributed by atoms with Crippen LogP contribution in [0.5, 0.6) is 0 Å². The van der Waals surface area contributed by atoms with E-state index in [1.165, 1.54) is 0 Å². The van der Waals surface area contributed by atoms with Crippen molar-refractivity contribution in [3.8, 4) is 0 Å². The van der Waals surface area contributed by atoms with Gasteiger partial charge in [-0.05, 0) is 11.7 Å². The van der Waals surface area contributed by atoms with Gasteiger partial charge in [-0.25, -0.2) is 0 Å². The third kappa shape index (κ3) is 1.00. The van der Waals surface area contributed by atoms with Gasteiger partial charge >= 0.3 is 0 Å². The molecule has 0 bridgehead atoms. The highest BCUT2D eigenvalue weighted by atomic mass is 15.2. The Labute approximate surface area is 65.5 Å². The van der Waals surface area contributed by atoms with Gasteiger partial charge in [-0.3, -0.25) is 9.67 Å². The standard InChI is InChI=1S/C7H6BN3/c1-11-4-5-3-9-7(8)2-6(5)10-11/h2-4H,1H3. The van der Waals surface area contributed by atoms with Crippen molar-refractivity contribution in [2.24, 2.45) is 7.05 Å². The maximum absolute atomic E-state index is 5.47. The van der Waals surface area contributed by atoms with E-state index in [4.69, 9.17) is 7.85 Å². The van der Waals surface area contributed by atoms with Crippen LogP contribution in [0, 0.1) is 0 Å². The van der Waals surface area contributed by atoms with Crippen molar-refractivity contribution in [2.45, 2.75) is 0 Å². The van der Waals surface area contributed by atoms with E-state index < -0.39 is 0 Å². The first-order valence-electron chi connectivity index (χ1n) is 3.30. The molecule has 2 heterocycles. The number of aromatic nitrogens is 3. The second-order valence-corrected chi connectivity index (χ2v) is 2.47. The highest BCUT2D eigenvalue weighted by Gasteiger charge is 1.96. The number of hydrogen-bond donors (Lipinski definition) is 0. The summed E-state index contributed by atoms with van der Waals surface area (Å²) in [6.45, 7) is 0. The van der Waals surface area contributed by atoms with Crippen LogP contribution in [0.4, 0.5) is 0 Å². The first-order chi connectivity index (χ1) is 5.25. The smallest absolute Gasteiger partial charge is 0.141 e. The minimum atomic E-state index is 0.510. The Morgan fingerprint density at radius 1 is 1.55 bits per heavy atom. The van der Waals surface area contributed by atoms with Crippen molar-refractivity contribution in [1.29, 1.82) is 0 Å². The maximum atomic E-state index is 5.47. The predicted octanol–water partition coefficient (Wildman–Crippen LogP) is -0.238. The zero-order valence-electron chi connectivity index (χ0n) is 6.15. The van der Waals surface area contributed by atoms with Crippen molar-refractivity contribution >= 4 is 24.3 Å². The van der Waals surface area contributed by atoms with Gasteiger partial charge in [0.05, 0.1) is 5.52 Å². The molecular weight excluding hydrogens is 137 g/mol. The van der Waals surface area contributed by atoms with Crippen LogP contribution >= 0.6 is 0 Å². The molecule has 0 aliphatic rings. The lowest BCUT2D eigenvalue weighted by molar-refractivity contribution is 0.780. The molecule has 3 nitrogen and oxygen atoms in total. The predicted molar refractivity (Wildman–Crippen MR) is 43.9 cm³/mol. The first-order valence-corrected chi connectivity index (χ1v) is 3.30. The van der Waals surface area contributed by atoms with Gasteiger partial charge in [0.15, 0.2) is 0 Å². The molecule has 0 aliphatic heterocycles. The number of fused-ring (bicyclic) bond motifs is 1. The first kappa shape index (κ1) is 6.40. The number of nitrogens with zero attached hydrogens (tertiary/aromatic N) is 3. The van der Waals surface area contributed by atoms with Crippen LogP contribution in [0.15, 0.2) is 18.5 Å². The molecule has 0 N–H and O–H groups in total. The minimum Gasteiger partial charge on any atom is -0.275 e. The molecule has 0 aliphatic carbocycles. The molecule has 0 aromatic carbocycles. The summed E-state index contributed by atoms with van der Waals surface area (Å²) in [5, 5.41) is 5.19.